The summed E-state index contributed by atoms with van der Waals surface area (Å²) in [5, 5.41) is 4.61. The average Bonchev–Trinajstić information content (AvgIpc) is 2.92. The van der Waals surface area contributed by atoms with Gasteiger partial charge in [0.1, 0.15) is 4.99 Å². The minimum Gasteiger partial charge on any atom is -0.375 e. The van der Waals surface area contributed by atoms with Crippen LogP contribution >= 0.6 is 12.2 Å². The van der Waals surface area contributed by atoms with E-state index in [2.05, 4.69) is 34.7 Å². The fourth-order valence-electron chi connectivity index (χ4n) is 2.34. The Morgan fingerprint density at radius 3 is 2.60 bits per heavy atom. The Kier molecular flexibility index (Phi) is 3.79. The summed E-state index contributed by atoms with van der Waals surface area (Å²) in [6, 6.07) is 18.4. The van der Waals surface area contributed by atoms with Gasteiger partial charge in [-0.05, 0) is 18.1 Å². The van der Waals surface area contributed by atoms with Crippen molar-refractivity contribution in [3.8, 4) is 0 Å². The fraction of sp³-hybridized carbons (Fsp3) is 0.118. The highest BCUT2D eigenvalue weighted by molar-refractivity contribution is 7.80. The van der Waals surface area contributed by atoms with E-state index < -0.39 is 0 Å². The number of H-pyrrole nitrogens is 1. The molecule has 1 heterocycles. The van der Waals surface area contributed by atoms with E-state index in [0.29, 0.717) is 0 Å². The molecule has 20 heavy (non-hydrogen) atoms. The molecule has 0 aliphatic heterocycles. The van der Waals surface area contributed by atoms with Crippen molar-refractivity contribution in [1.29, 1.82) is 0 Å². The molecule has 2 N–H and O–H groups in total. The lowest BCUT2D eigenvalue weighted by molar-refractivity contribution is 0.880. The van der Waals surface area contributed by atoms with Crippen LogP contribution in [0.1, 0.15) is 11.1 Å². The zero-order valence-corrected chi connectivity index (χ0v) is 11.9. The lowest BCUT2D eigenvalue weighted by Gasteiger charge is -2.07. The summed E-state index contributed by atoms with van der Waals surface area (Å²) in [6.45, 7) is 0.843. The van der Waals surface area contributed by atoms with Crippen LogP contribution in [0.4, 0.5) is 0 Å². The predicted octanol–water partition coefficient (Wildman–Crippen LogP) is 3.68. The second kappa shape index (κ2) is 5.88. The molecule has 100 valence electrons. The summed E-state index contributed by atoms with van der Waals surface area (Å²) in [7, 11) is 0. The number of thiocarbonyl (C=S) groups is 1. The smallest absolute Gasteiger partial charge is 0.106 e. The van der Waals surface area contributed by atoms with Crippen LogP contribution in [-0.2, 0) is 6.42 Å². The largest absolute Gasteiger partial charge is 0.375 e. The molecule has 0 fully saturated rings. The van der Waals surface area contributed by atoms with Crippen molar-refractivity contribution >= 4 is 28.1 Å². The molecule has 0 atom stereocenters. The van der Waals surface area contributed by atoms with Gasteiger partial charge in [0.05, 0.1) is 0 Å². The van der Waals surface area contributed by atoms with E-state index in [9.17, 15) is 0 Å². The van der Waals surface area contributed by atoms with Crippen LogP contribution in [0.2, 0.25) is 0 Å². The lowest BCUT2D eigenvalue weighted by Crippen LogP contribution is -2.24. The second-order valence-electron chi connectivity index (χ2n) is 4.73. The van der Waals surface area contributed by atoms with Gasteiger partial charge in [-0.1, -0.05) is 60.7 Å². The van der Waals surface area contributed by atoms with Gasteiger partial charge in [-0.3, -0.25) is 0 Å². The summed E-state index contributed by atoms with van der Waals surface area (Å²) in [6.07, 6.45) is 3.04. The highest BCUT2D eigenvalue weighted by Gasteiger charge is 2.03. The molecule has 0 saturated heterocycles. The van der Waals surface area contributed by atoms with E-state index in [1.165, 1.54) is 16.5 Å². The highest BCUT2D eigenvalue weighted by atomic mass is 32.1. The molecule has 1 aromatic heterocycles. The molecule has 2 aromatic carbocycles. The van der Waals surface area contributed by atoms with Gasteiger partial charge in [-0.15, -0.1) is 0 Å². The Balaban J connectivity index is 1.62. The van der Waals surface area contributed by atoms with Crippen molar-refractivity contribution in [2.75, 3.05) is 6.54 Å². The Hall–Kier alpha value is -2.13. The van der Waals surface area contributed by atoms with Crippen LogP contribution in [0.25, 0.3) is 10.9 Å². The zero-order valence-electron chi connectivity index (χ0n) is 11.1. The maximum absolute atomic E-state index is 5.39. The van der Waals surface area contributed by atoms with Crippen molar-refractivity contribution in [3.05, 3.63) is 71.9 Å². The molecule has 0 aliphatic carbocycles. The molecular formula is C17H16N2S. The molecule has 0 radical (unpaired) electrons. The monoisotopic (exact) mass is 280 g/mol. The van der Waals surface area contributed by atoms with Crippen molar-refractivity contribution in [2.45, 2.75) is 6.42 Å². The van der Waals surface area contributed by atoms with E-state index in [1.54, 1.807) is 0 Å². The summed E-state index contributed by atoms with van der Waals surface area (Å²) in [4.78, 5) is 4.11. The Morgan fingerprint density at radius 2 is 1.75 bits per heavy atom. The van der Waals surface area contributed by atoms with E-state index in [0.717, 1.165) is 23.5 Å². The minimum absolute atomic E-state index is 0.811. The minimum atomic E-state index is 0.811. The summed E-state index contributed by atoms with van der Waals surface area (Å²) in [5.41, 5.74) is 3.58. The van der Waals surface area contributed by atoms with Crippen LogP contribution in [0, 0.1) is 0 Å². The first-order chi connectivity index (χ1) is 9.84. The first kappa shape index (κ1) is 12.9. The van der Waals surface area contributed by atoms with Crippen molar-refractivity contribution in [2.24, 2.45) is 0 Å². The van der Waals surface area contributed by atoms with E-state index >= 15 is 0 Å². The number of hydrogen-bond donors (Lipinski definition) is 2. The number of hydrogen-bond acceptors (Lipinski definition) is 1. The van der Waals surface area contributed by atoms with Gasteiger partial charge in [-0.25, -0.2) is 0 Å². The maximum Gasteiger partial charge on any atom is 0.106 e. The lowest BCUT2D eigenvalue weighted by atomic mass is 10.1. The molecule has 0 spiro atoms. The number of benzene rings is 2. The summed E-state index contributed by atoms with van der Waals surface area (Å²) >= 11 is 5.39. The van der Waals surface area contributed by atoms with E-state index in [4.69, 9.17) is 12.2 Å². The van der Waals surface area contributed by atoms with Gasteiger partial charge in [0, 0.05) is 29.2 Å². The first-order valence-electron chi connectivity index (χ1n) is 6.73. The van der Waals surface area contributed by atoms with E-state index in [-0.39, 0.29) is 0 Å². The number of aromatic nitrogens is 1. The third-order valence-corrected chi connectivity index (χ3v) is 3.77. The molecule has 0 unspecified atom stereocenters. The molecule has 2 nitrogen and oxygen atoms in total. The Morgan fingerprint density at radius 1 is 1.00 bits per heavy atom. The second-order valence-corrected chi connectivity index (χ2v) is 5.14. The number of para-hydroxylation sites is 1. The summed E-state index contributed by atoms with van der Waals surface area (Å²) in [5.74, 6) is 0. The normalized spacial score (nSPS) is 10.6. The van der Waals surface area contributed by atoms with E-state index in [1.807, 2.05) is 36.4 Å². The van der Waals surface area contributed by atoms with Crippen molar-refractivity contribution in [1.82, 2.24) is 10.3 Å². The number of aromatic amines is 1. The molecule has 3 aromatic rings. The van der Waals surface area contributed by atoms with Crippen LogP contribution < -0.4 is 5.32 Å². The van der Waals surface area contributed by atoms with Gasteiger partial charge in [0.25, 0.3) is 0 Å². The fourth-order valence-corrected chi connectivity index (χ4v) is 2.58. The van der Waals surface area contributed by atoms with Crippen LogP contribution in [0.15, 0.2) is 60.8 Å². The molecule has 0 saturated carbocycles. The molecule has 0 bridgehead atoms. The number of rotatable bonds is 4. The van der Waals surface area contributed by atoms with Crippen molar-refractivity contribution < 1.29 is 0 Å². The SMILES string of the molecule is S=C(NCCc1c[nH]c2ccccc12)c1ccccc1. The molecule has 0 aliphatic rings. The van der Waals surface area contributed by atoms with Gasteiger partial charge in [0.15, 0.2) is 0 Å². The van der Waals surface area contributed by atoms with Gasteiger partial charge in [0.2, 0.25) is 0 Å². The van der Waals surface area contributed by atoms with Crippen molar-refractivity contribution in [3.63, 3.8) is 0 Å². The highest BCUT2D eigenvalue weighted by Crippen LogP contribution is 2.17. The van der Waals surface area contributed by atoms with Gasteiger partial charge >= 0.3 is 0 Å². The third kappa shape index (κ3) is 2.73. The maximum atomic E-state index is 5.39. The molecular weight excluding hydrogens is 264 g/mol. The van der Waals surface area contributed by atoms with Crippen LogP contribution in [-0.4, -0.2) is 16.5 Å². The average molecular weight is 280 g/mol. The van der Waals surface area contributed by atoms with Gasteiger partial charge in [-0.2, -0.15) is 0 Å². The predicted molar refractivity (Wildman–Crippen MR) is 88.1 cm³/mol. The molecule has 3 heteroatoms. The van der Waals surface area contributed by atoms with Crippen LogP contribution in [0.3, 0.4) is 0 Å². The van der Waals surface area contributed by atoms with Gasteiger partial charge < -0.3 is 10.3 Å². The quantitative estimate of drug-likeness (QED) is 0.714. The zero-order chi connectivity index (χ0) is 13.8. The number of nitrogens with one attached hydrogen (secondary N) is 2. The third-order valence-electron chi connectivity index (χ3n) is 3.39. The first-order valence-corrected chi connectivity index (χ1v) is 7.13. The molecule has 3 rings (SSSR count). The topological polar surface area (TPSA) is 27.8 Å². The summed E-state index contributed by atoms with van der Waals surface area (Å²) < 4.78 is 0. The standard InChI is InChI=1S/C17H16N2S/c20-17(13-6-2-1-3-7-13)18-11-10-14-12-19-16-9-5-4-8-15(14)16/h1-9,12,19H,10-11H2,(H,18,20). The number of fused-ring (bicyclic) bond motifs is 1. The van der Waals surface area contributed by atoms with Crippen LogP contribution in [0.5, 0.6) is 0 Å². The Bertz CT molecular complexity index is 716. The Labute approximate surface area is 123 Å². The molecule has 0 amide bonds.